The van der Waals surface area contributed by atoms with Gasteiger partial charge in [0.2, 0.25) is 0 Å². The maximum Gasteiger partial charge on any atom is 0.127 e. The van der Waals surface area contributed by atoms with E-state index in [2.05, 4.69) is 46.3 Å². The molecular formula is C21H29N3O. The molecule has 0 saturated carbocycles. The molecular weight excluding hydrogens is 310 g/mol. The number of aromatic nitrogens is 1. The third-order valence-electron chi connectivity index (χ3n) is 5.17. The average molecular weight is 339 g/mol. The fourth-order valence-corrected chi connectivity index (χ4v) is 3.84. The Labute approximate surface area is 151 Å². The summed E-state index contributed by atoms with van der Waals surface area (Å²) < 4.78 is 0. The molecule has 1 aromatic carbocycles. The van der Waals surface area contributed by atoms with Gasteiger partial charge >= 0.3 is 0 Å². The Balaban J connectivity index is 1.66. The van der Waals surface area contributed by atoms with Crippen molar-refractivity contribution in [2.45, 2.75) is 25.8 Å². The van der Waals surface area contributed by atoms with Gasteiger partial charge < -0.3 is 10.0 Å². The molecule has 0 amide bonds. The molecule has 1 aromatic heterocycles. The molecule has 0 spiro atoms. The molecule has 1 N–H and O–H groups in total. The number of aliphatic hydroxyl groups excluding tert-OH is 1. The van der Waals surface area contributed by atoms with Crippen molar-refractivity contribution in [2.75, 3.05) is 38.7 Å². The average Bonchev–Trinajstić information content (AvgIpc) is 2.63. The largest absolute Gasteiger partial charge is 0.396 e. The number of piperidine rings is 1. The summed E-state index contributed by atoms with van der Waals surface area (Å²) in [6.07, 6.45) is 5.14. The molecule has 0 aliphatic carbocycles. The van der Waals surface area contributed by atoms with E-state index in [4.69, 9.17) is 0 Å². The number of hydrogen-bond donors (Lipinski definition) is 1. The highest BCUT2D eigenvalue weighted by atomic mass is 16.3. The molecule has 1 aliphatic heterocycles. The highest BCUT2D eigenvalue weighted by Crippen LogP contribution is 2.34. The highest BCUT2D eigenvalue weighted by molar-refractivity contribution is 5.37. The van der Waals surface area contributed by atoms with Crippen molar-refractivity contribution < 1.29 is 5.11 Å². The Bertz CT molecular complexity index is 657. The number of aliphatic hydroxyl groups is 1. The molecule has 1 aliphatic rings. The first-order valence-electron chi connectivity index (χ1n) is 9.10. The van der Waals surface area contributed by atoms with Gasteiger partial charge in [-0.3, -0.25) is 4.90 Å². The Hall–Kier alpha value is -1.91. The van der Waals surface area contributed by atoms with E-state index in [0.717, 1.165) is 44.7 Å². The lowest BCUT2D eigenvalue weighted by Crippen LogP contribution is -2.46. The van der Waals surface area contributed by atoms with Crippen LogP contribution >= 0.6 is 0 Å². The first kappa shape index (κ1) is 17.9. The lowest BCUT2D eigenvalue weighted by molar-refractivity contribution is 0.0288. The highest BCUT2D eigenvalue weighted by Gasteiger charge is 2.35. The summed E-state index contributed by atoms with van der Waals surface area (Å²) in [5.41, 5.74) is 2.52. The molecule has 2 aromatic rings. The molecule has 1 fully saturated rings. The summed E-state index contributed by atoms with van der Waals surface area (Å²) in [5, 5.41) is 10.1. The van der Waals surface area contributed by atoms with Crippen LogP contribution in [0.5, 0.6) is 0 Å². The summed E-state index contributed by atoms with van der Waals surface area (Å²) in [7, 11) is 4.01. The zero-order chi connectivity index (χ0) is 17.7. The van der Waals surface area contributed by atoms with Crippen LogP contribution in [0.2, 0.25) is 0 Å². The van der Waals surface area contributed by atoms with Gasteiger partial charge in [-0.25, -0.2) is 4.98 Å². The molecule has 4 nitrogen and oxygen atoms in total. The predicted molar refractivity (Wildman–Crippen MR) is 103 cm³/mol. The molecule has 1 unspecified atom stereocenters. The third kappa shape index (κ3) is 4.59. The number of likely N-dealkylation sites (tertiary alicyclic amines) is 1. The van der Waals surface area contributed by atoms with Gasteiger partial charge in [-0.2, -0.15) is 0 Å². The van der Waals surface area contributed by atoms with Crippen molar-refractivity contribution >= 4 is 5.82 Å². The molecule has 0 radical (unpaired) electrons. The molecule has 25 heavy (non-hydrogen) atoms. The maximum absolute atomic E-state index is 10.1. The quantitative estimate of drug-likeness (QED) is 0.878. The summed E-state index contributed by atoms with van der Waals surface area (Å²) in [5.74, 6) is 0.983. The number of anilines is 1. The number of nitrogens with zero attached hydrogens (tertiary/aromatic N) is 3. The van der Waals surface area contributed by atoms with Gasteiger partial charge in [0.1, 0.15) is 5.82 Å². The molecule has 4 heteroatoms. The van der Waals surface area contributed by atoms with Gasteiger partial charge in [0.25, 0.3) is 0 Å². The normalized spacial score (nSPS) is 21.2. The second-order valence-corrected chi connectivity index (χ2v) is 7.55. The zero-order valence-corrected chi connectivity index (χ0v) is 15.4. The molecule has 0 bridgehead atoms. The fourth-order valence-electron chi connectivity index (χ4n) is 3.84. The molecule has 134 valence electrons. The Kier molecular flexibility index (Phi) is 5.71. The number of benzene rings is 1. The van der Waals surface area contributed by atoms with Crippen LogP contribution in [-0.2, 0) is 13.0 Å². The van der Waals surface area contributed by atoms with Gasteiger partial charge in [-0.15, -0.1) is 0 Å². The van der Waals surface area contributed by atoms with Crippen LogP contribution in [0.1, 0.15) is 24.0 Å². The van der Waals surface area contributed by atoms with Crippen LogP contribution in [0.25, 0.3) is 0 Å². The summed E-state index contributed by atoms with van der Waals surface area (Å²) >= 11 is 0. The smallest absolute Gasteiger partial charge is 0.127 e. The lowest BCUT2D eigenvalue weighted by atomic mass is 9.75. The molecule has 1 saturated heterocycles. The van der Waals surface area contributed by atoms with E-state index in [9.17, 15) is 5.11 Å². The number of pyridine rings is 1. The first-order chi connectivity index (χ1) is 12.1. The zero-order valence-electron chi connectivity index (χ0n) is 15.4. The van der Waals surface area contributed by atoms with Gasteiger partial charge in [-0.1, -0.05) is 36.4 Å². The lowest BCUT2D eigenvalue weighted by Gasteiger charge is -2.42. The predicted octanol–water partition coefficient (Wildman–Crippen LogP) is 2.96. The van der Waals surface area contributed by atoms with Gasteiger partial charge in [-0.05, 0) is 43.0 Å². The van der Waals surface area contributed by atoms with Crippen molar-refractivity contribution in [1.29, 1.82) is 0 Å². The van der Waals surface area contributed by atoms with Crippen LogP contribution in [0, 0.1) is 5.41 Å². The van der Waals surface area contributed by atoms with E-state index in [1.807, 2.05) is 31.3 Å². The van der Waals surface area contributed by atoms with Gasteiger partial charge in [0.05, 0.1) is 6.61 Å². The van der Waals surface area contributed by atoms with E-state index < -0.39 is 0 Å². The Morgan fingerprint density at radius 1 is 1.12 bits per heavy atom. The topological polar surface area (TPSA) is 39.6 Å². The van der Waals surface area contributed by atoms with Crippen LogP contribution in [0.15, 0.2) is 48.7 Å². The van der Waals surface area contributed by atoms with Crippen molar-refractivity contribution in [3.05, 3.63) is 59.8 Å². The van der Waals surface area contributed by atoms with E-state index in [1.165, 1.54) is 11.1 Å². The summed E-state index contributed by atoms with van der Waals surface area (Å²) in [6.45, 7) is 3.17. The standard InChI is InChI=1S/C21H29N3O/c1-23(2)20-10-9-19(14-22-20)15-24-12-6-11-21(16-24,17-25)13-18-7-4-3-5-8-18/h3-5,7-10,14,25H,6,11-13,15-17H2,1-2H3. The van der Waals surface area contributed by atoms with Crippen molar-refractivity contribution in [1.82, 2.24) is 9.88 Å². The summed E-state index contributed by atoms with van der Waals surface area (Å²) in [6, 6.07) is 14.8. The second-order valence-electron chi connectivity index (χ2n) is 7.55. The van der Waals surface area contributed by atoms with Crippen LogP contribution in [0.4, 0.5) is 5.82 Å². The number of rotatable bonds is 6. The number of hydrogen-bond acceptors (Lipinski definition) is 4. The van der Waals surface area contributed by atoms with Crippen LogP contribution < -0.4 is 4.90 Å². The van der Waals surface area contributed by atoms with Crippen LogP contribution in [0.3, 0.4) is 0 Å². The SMILES string of the molecule is CN(C)c1ccc(CN2CCCC(CO)(Cc3ccccc3)C2)cn1. The van der Waals surface area contributed by atoms with Crippen LogP contribution in [-0.4, -0.2) is 48.8 Å². The van der Waals surface area contributed by atoms with E-state index in [1.54, 1.807) is 0 Å². The Morgan fingerprint density at radius 3 is 2.56 bits per heavy atom. The summed E-state index contributed by atoms with van der Waals surface area (Å²) in [4.78, 5) is 9.00. The third-order valence-corrected chi connectivity index (χ3v) is 5.17. The van der Waals surface area contributed by atoms with E-state index in [-0.39, 0.29) is 12.0 Å². The van der Waals surface area contributed by atoms with E-state index in [0.29, 0.717) is 0 Å². The van der Waals surface area contributed by atoms with Gasteiger partial charge in [0, 0.05) is 38.8 Å². The molecule has 2 heterocycles. The second kappa shape index (κ2) is 7.98. The molecule has 3 rings (SSSR count). The minimum atomic E-state index is -0.0311. The van der Waals surface area contributed by atoms with Gasteiger partial charge in [0.15, 0.2) is 0 Å². The van der Waals surface area contributed by atoms with E-state index >= 15 is 0 Å². The Morgan fingerprint density at radius 2 is 1.92 bits per heavy atom. The molecule has 1 atom stereocenters. The minimum absolute atomic E-state index is 0.0311. The minimum Gasteiger partial charge on any atom is -0.396 e. The fraction of sp³-hybridized carbons (Fsp3) is 0.476. The van der Waals surface area contributed by atoms with Crippen molar-refractivity contribution in [3.8, 4) is 0 Å². The monoisotopic (exact) mass is 339 g/mol. The van der Waals surface area contributed by atoms with Crippen molar-refractivity contribution in [3.63, 3.8) is 0 Å². The maximum atomic E-state index is 10.1. The first-order valence-corrected chi connectivity index (χ1v) is 9.10. The van der Waals surface area contributed by atoms with Crippen molar-refractivity contribution in [2.24, 2.45) is 5.41 Å².